The number of carboxylic acids is 1. The Bertz CT molecular complexity index is 304. The minimum Gasteiger partial charge on any atom is -0.478 e. The third-order valence-corrected chi connectivity index (χ3v) is 1.70. The van der Waals surface area contributed by atoms with E-state index in [1.807, 2.05) is 6.07 Å². The largest absolute Gasteiger partial charge is 0.478 e. The van der Waals surface area contributed by atoms with Crippen LogP contribution >= 0.6 is 12.6 Å². The van der Waals surface area contributed by atoms with Gasteiger partial charge in [-0.05, 0) is 11.0 Å². The van der Waals surface area contributed by atoms with E-state index in [4.69, 9.17) is 5.11 Å². The number of hydrogen-bond donors (Lipinski definition) is 2. The zero-order chi connectivity index (χ0) is 8.97. The highest BCUT2D eigenvalue weighted by Gasteiger charge is 2.07. The van der Waals surface area contributed by atoms with Crippen molar-refractivity contribution in [3.8, 4) is 0 Å². The van der Waals surface area contributed by atoms with Crippen LogP contribution in [0.15, 0.2) is 35.7 Å². The third kappa shape index (κ3) is 1.89. The maximum Gasteiger partial charge on any atom is 0.336 e. The fourth-order valence-electron chi connectivity index (χ4n) is 0.871. The summed E-state index contributed by atoms with van der Waals surface area (Å²) in [5, 5.41) is 10.00. The summed E-state index contributed by atoms with van der Waals surface area (Å²) in [6, 6.07) is 8.87. The molecule has 0 aliphatic rings. The molecule has 3 heteroatoms. The van der Waals surface area contributed by atoms with Gasteiger partial charge in [0.25, 0.3) is 0 Å². The zero-order valence-electron chi connectivity index (χ0n) is 6.27. The van der Waals surface area contributed by atoms with Crippen LogP contribution in [-0.2, 0) is 4.79 Å². The van der Waals surface area contributed by atoms with Crippen LogP contribution in [0.5, 0.6) is 0 Å². The van der Waals surface area contributed by atoms with Crippen LogP contribution in [0.3, 0.4) is 0 Å². The number of carboxylic acid groups (broad SMARTS) is 1. The van der Waals surface area contributed by atoms with Crippen LogP contribution in [0.1, 0.15) is 5.56 Å². The average Bonchev–Trinajstić information content (AvgIpc) is 2.07. The van der Waals surface area contributed by atoms with Gasteiger partial charge in [0.05, 0.1) is 5.57 Å². The molecule has 62 valence electrons. The van der Waals surface area contributed by atoms with Gasteiger partial charge in [0.1, 0.15) is 0 Å². The lowest BCUT2D eigenvalue weighted by atomic mass is 10.1. The van der Waals surface area contributed by atoms with Crippen LogP contribution in [0.4, 0.5) is 0 Å². The number of carbonyl (C=O) groups is 1. The van der Waals surface area contributed by atoms with E-state index in [0.717, 1.165) is 0 Å². The molecular weight excluding hydrogens is 172 g/mol. The van der Waals surface area contributed by atoms with E-state index in [-0.39, 0.29) is 5.57 Å². The highest BCUT2D eigenvalue weighted by Crippen LogP contribution is 2.14. The monoisotopic (exact) mass is 180 g/mol. The summed E-state index contributed by atoms with van der Waals surface area (Å²) >= 11 is 3.82. The lowest BCUT2D eigenvalue weighted by molar-refractivity contribution is -0.130. The van der Waals surface area contributed by atoms with Crippen LogP contribution in [0, 0.1) is 0 Å². The van der Waals surface area contributed by atoms with Gasteiger partial charge in [-0.15, -0.1) is 0 Å². The van der Waals surface area contributed by atoms with E-state index in [1.54, 1.807) is 24.3 Å². The Hall–Kier alpha value is -1.22. The first-order chi connectivity index (χ1) is 5.75. The summed E-state index contributed by atoms with van der Waals surface area (Å²) in [6.07, 6.45) is 0. The van der Waals surface area contributed by atoms with E-state index in [9.17, 15) is 4.79 Å². The predicted octanol–water partition coefficient (Wildman–Crippen LogP) is 2.04. The number of benzene rings is 1. The average molecular weight is 180 g/mol. The predicted molar refractivity (Wildman–Crippen MR) is 51.0 cm³/mol. The lowest BCUT2D eigenvalue weighted by Gasteiger charge is -1.99. The van der Waals surface area contributed by atoms with Crippen molar-refractivity contribution >= 4 is 24.2 Å². The van der Waals surface area contributed by atoms with Gasteiger partial charge in [-0.1, -0.05) is 30.3 Å². The molecule has 0 amide bonds. The number of rotatable bonds is 2. The Morgan fingerprint density at radius 2 is 1.92 bits per heavy atom. The minimum absolute atomic E-state index is 0.207. The number of thiol groups is 1. The van der Waals surface area contributed by atoms with Crippen LogP contribution in [0.2, 0.25) is 0 Å². The SMILES string of the molecule is O=C(O)C(=CS)c1ccccc1. The van der Waals surface area contributed by atoms with E-state index >= 15 is 0 Å². The fraction of sp³-hybridized carbons (Fsp3) is 0. The molecule has 0 saturated carbocycles. The van der Waals surface area contributed by atoms with Gasteiger partial charge >= 0.3 is 5.97 Å². The minimum atomic E-state index is -0.962. The van der Waals surface area contributed by atoms with Crippen LogP contribution < -0.4 is 0 Å². The molecule has 0 saturated heterocycles. The second-order valence-electron chi connectivity index (χ2n) is 2.21. The zero-order valence-corrected chi connectivity index (χ0v) is 7.16. The Morgan fingerprint density at radius 3 is 2.33 bits per heavy atom. The molecule has 0 bridgehead atoms. The van der Waals surface area contributed by atoms with Gasteiger partial charge in [0, 0.05) is 0 Å². The highest BCUT2D eigenvalue weighted by molar-refractivity contribution is 7.83. The van der Waals surface area contributed by atoms with Crippen molar-refractivity contribution in [2.45, 2.75) is 0 Å². The van der Waals surface area contributed by atoms with Crippen LogP contribution in [0.25, 0.3) is 5.57 Å². The van der Waals surface area contributed by atoms with Crippen LogP contribution in [-0.4, -0.2) is 11.1 Å². The topological polar surface area (TPSA) is 37.3 Å². The van der Waals surface area contributed by atoms with Gasteiger partial charge in [-0.25, -0.2) is 4.79 Å². The summed E-state index contributed by atoms with van der Waals surface area (Å²) in [5.74, 6) is -0.962. The maximum atomic E-state index is 10.6. The lowest BCUT2D eigenvalue weighted by Crippen LogP contribution is -1.98. The van der Waals surface area contributed by atoms with Crippen molar-refractivity contribution in [1.29, 1.82) is 0 Å². The summed E-state index contributed by atoms with van der Waals surface area (Å²) in [7, 11) is 0. The first-order valence-electron chi connectivity index (χ1n) is 3.39. The molecule has 0 unspecified atom stereocenters. The second-order valence-corrected chi connectivity index (χ2v) is 2.47. The Balaban J connectivity index is 3.05. The molecular formula is C9H8O2S. The van der Waals surface area contributed by atoms with Crippen molar-refractivity contribution in [3.63, 3.8) is 0 Å². The molecule has 0 spiro atoms. The summed E-state index contributed by atoms with van der Waals surface area (Å²) < 4.78 is 0. The highest BCUT2D eigenvalue weighted by atomic mass is 32.1. The normalized spacial score (nSPS) is 11.2. The Morgan fingerprint density at radius 1 is 1.33 bits per heavy atom. The van der Waals surface area contributed by atoms with Crippen molar-refractivity contribution in [2.24, 2.45) is 0 Å². The second kappa shape index (κ2) is 3.97. The molecule has 0 aliphatic heterocycles. The fourth-order valence-corrected chi connectivity index (χ4v) is 1.13. The van der Waals surface area contributed by atoms with Crippen molar-refractivity contribution in [2.75, 3.05) is 0 Å². The van der Waals surface area contributed by atoms with Gasteiger partial charge in [-0.3, -0.25) is 0 Å². The molecule has 0 aromatic heterocycles. The van der Waals surface area contributed by atoms with Gasteiger partial charge in [-0.2, -0.15) is 12.6 Å². The Kier molecular flexibility index (Phi) is 2.94. The number of aliphatic carboxylic acids is 1. The van der Waals surface area contributed by atoms with Crippen molar-refractivity contribution < 1.29 is 9.90 Å². The molecule has 2 nitrogen and oxygen atoms in total. The maximum absolute atomic E-state index is 10.6. The van der Waals surface area contributed by atoms with Crippen molar-refractivity contribution in [1.82, 2.24) is 0 Å². The molecule has 0 heterocycles. The summed E-state index contributed by atoms with van der Waals surface area (Å²) in [5.41, 5.74) is 0.874. The van der Waals surface area contributed by atoms with E-state index in [1.165, 1.54) is 5.41 Å². The quantitative estimate of drug-likeness (QED) is 0.540. The molecule has 1 aromatic rings. The van der Waals surface area contributed by atoms with E-state index in [2.05, 4.69) is 12.6 Å². The standard InChI is InChI=1S/C9H8O2S/c10-9(11)8(6-12)7-4-2-1-3-5-7/h1-6,12H,(H,10,11). The molecule has 1 rings (SSSR count). The number of hydrogen-bond acceptors (Lipinski definition) is 2. The Labute approximate surface area is 75.9 Å². The molecule has 0 atom stereocenters. The summed E-state index contributed by atoms with van der Waals surface area (Å²) in [6.45, 7) is 0. The van der Waals surface area contributed by atoms with Gasteiger partial charge in [0.2, 0.25) is 0 Å². The van der Waals surface area contributed by atoms with E-state index < -0.39 is 5.97 Å². The van der Waals surface area contributed by atoms with Crippen molar-refractivity contribution in [3.05, 3.63) is 41.3 Å². The molecule has 1 N–H and O–H groups in total. The molecule has 1 aromatic carbocycles. The third-order valence-electron chi connectivity index (χ3n) is 1.44. The molecule has 0 aliphatic carbocycles. The molecule has 0 radical (unpaired) electrons. The molecule has 0 fully saturated rings. The summed E-state index contributed by atoms with van der Waals surface area (Å²) in [4.78, 5) is 10.6. The van der Waals surface area contributed by atoms with Gasteiger partial charge in [0.15, 0.2) is 0 Å². The van der Waals surface area contributed by atoms with E-state index in [0.29, 0.717) is 5.56 Å². The molecule has 12 heavy (non-hydrogen) atoms. The first kappa shape index (κ1) is 8.87. The smallest absolute Gasteiger partial charge is 0.336 e. The first-order valence-corrected chi connectivity index (χ1v) is 3.90. The van der Waals surface area contributed by atoms with Gasteiger partial charge < -0.3 is 5.11 Å².